The Balaban J connectivity index is 1.46. The van der Waals surface area contributed by atoms with E-state index in [2.05, 4.69) is 39.8 Å². The number of urea groups is 1. The molecule has 0 fully saturated rings. The Bertz CT molecular complexity index is 1620. The predicted octanol–water partition coefficient (Wildman–Crippen LogP) is 5.91. The van der Waals surface area contributed by atoms with Gasteiger partial charge in [0.15, 0.2) is 0 Å². The summed E-state index contributed by atoms with van der Waals surface area (Å²) in [5, 5.41) is 23.5. The number of alkyl carbamates (subject to hydrolysis) is 1. The second-order valence-corrected chi connectivity index (χ2v) is 14.9. The molecule has 2 aromatic carbocycles. The normalized spacial score (nSPS) is 13.7. The molecule has 0 aliphatic rings. The Labute approximate surface area is 302 Å². The van der Waals surface area contributed by atoms with Gasteiger partial charge in [0.1, 0.15) is 12.6 Å². The number of benzene rings is 2. The number of carbonyl (C=O) groups is 3. The first-order valence-electron chi connectivity index (χ1n) is 16.8. The molecule has 0 spiro atoms. The Kier molecular flexibility index (Phi) is 14.7. The van der Waals surface area contributed by atoms with Gasteiger partial charge in [-0.3, -0.25) is 9.78 Å². The Hall–Kier alpha value is -4.33. The van der Waals surface area contributed by atoms with Gasteiger partial charge in [0.2, 0.25) is 5.91 Å². The average Bonchev–Trinajstić information content (AvgIpc) is 3.79. The van der Waals surface area contributed by atoms with Crippen LogP contribution in [0.25, 0.3) is 0 Å². The second kappa shape index (κ2) is 19.2. The van der Waals surface area contributed by atoms with Gasteiger partial charge in [-0.25, -0.2) is 14.6 Å². The van der Waals surface area contributed by atoms with Crippen LogP contribution in [0.4, 0.5) is 9.59 Å². The summed E-state index contributed by atoms with van der Waals surface area (Å²) < 4.78 is 5.42. The average molecular weight is 721 g/mol. The Morgan fingerprint density at radius 2 is 1.56 bits per heavy atom. The van der Waals surface area contributed by atoms with Crippen molar-refractivity contribution in [3.05, 3.63) is 104 Å². The van der Waals surface area contributed by atoms with Crippen molar-refractivity contribution in [1.82, 2.24) is 30.8 Å². The molecule has 11 nitrogen and oxygen atoms in total. The molecule has 4 N–H and O–H groups in total. The highest BCUT2D eigenvalue weighted by molar-refractivity contribution is 7.09. The SMILES string of the molecule is CC(C)c1nc(CN(C)C(=O)N[C@H](C(=O)N[C@@H](Cc2ccccc2)CC(O)[C@H](Cc2ccccc2)NC(=O)OCc2cncs2)C(C)C)cs1. The first-order chi connectivity index (χ1) is 24.0. The minimum atomic E-state index is -1.05. The molecule has 4 atom stereocenters. The monoisotopic (exact) mass is 720 g/mol. The third-order valence-electron chi connectivity index (χ3n) is 8.13. The summed E-state index contributed by atoms with van der Waals surface area (Å²) in [4.78, 5) is 51.0. The number of rotatable bonds is 17. The molecule has 268 valence electrons. The summed E-state index contributed by atoms with van der Waals surface area (Å²) >= 11 is 2.95. The number of hydrogen-bond acceptors (Lipinski definition) is 9. The van der Waals surface area contributed by atoms with E-state index >= 15 is 0 Å². The van der Waals surface area contributed by atoms with Crippen LogP contribution in [0.5, 0.6) is 0 Å². The third kappa shape index (κ3) is 12.2. The van der Waals surface area contributed by atoms with E-state index in [9.17, 15) is 19.5 Å². The molecule has 0 saturated heterocycles. The van der Waals surface area contributed by atoms with Crippen LogP contribution >= 0.6 is 22.7 Å². The lowest BCUT2D eigenvalue weighted by molar-refractivity contribution is -0.124. The van der Waals surface area contributed by atoms with Gasteiger partial charge in [0.05, 0.1) is 39.8 Å². The topological polar surface area (TPSA) is 146 Å². The smallest absolute Gasteiger partial charge is 0.407 e. The van der Waals surface area contributed by atoms with Crippen LogP contribution in [0.3, 0.4) is 0 Å². The summed E-state index contributed by atoms with van der Waals surface area (Å²) in [6.07, 6.45) is 0.836. The maximum atomic E-state index is 13.9. The summed E-state index contributed by atoms with van der Waals surface area (Å²) in [5.41, 5.74) is 4.35. The van der Waals surface area contributed by atoms with E-state index < -0.39 is 30.3 Å². The molecule has 0 aliphatic heterocycles. The van der Waals surface area contributed by atoms with Crippen LogP contribution in [0, 0.1) is 5.92 Å². The number of nitrogens with one attached hydrogen (secondary N) is 3. The van der Waals surface area contributed by atoms with Gasteiger partial charge >= 0.3 is 12.1 Å². The van der Waals surface area contributed by atoms with Crippen molar-refractivity contribution in [2.75, 3.05) is 7.05 Å². The zero-order chi connectivity index (χ0) is 36.0. The van der Waals surface area contributed by atoms with Gasteiger partial charge in [0, 0.05) is 30.6 Å². The van der Waals surface area contributed by atoms with Crippen LogP contribution in [-0.2, 0) is 35.5 Å². The molecule has 0 saturated carbocycles. The summed E-state index contributed by atoms with van der Waals surface area (Å²) in [6.45, 7) is 8.28. The number of carbonyl (C=O) groups excluding carboxylic acids is 3. The van der Waals surface area contributed by atoms with Crippen LogP contribution in [0.15, 0.2) is 77.8 Å². The van der Waals surface area contributed by atoms with Crippen molar-refractivity contribution in [2.45, 2.75) is 90.3 Å². The lowest BCUT2D eigenvalue weighted by Crippen LogP contribution is -2.55. The fourth-order valence-corrected chi connectivity index (χ4v) is 6.72. The van der Waals surface area contributed by atoms with Crippen LogP contribution in [-0.4, -0.2) is 69.3 Å². The Morgan fingerprint density at radius 3 is 2.14 bits per heavy atom. The number of thiazole rings is 2. The quantitative estimate of drug-likeness (QED) is 0.106. The van der Waals surface area contributed by atoms with Crippen molar-refractivity contribution in [1.29, 1.82) is 0 Å². The highest BCUT2D eigenvalue weighted by atomic mass is 32.1. The fraction of sp³-hybridized carbons (Fsp3) is 0.432. The number of aliphatic hydroxyl groups is 1. The van der Waals surface area contributed by atoms with E-state index in [1.54, 1.807) is 30.1 Å². The van der Waals surface area contributed by atoms with E-state index in [4.69, 9.17) is 4.74 Å². The molecule has 4 aromatic rings. The standard InChI is InChI=1S/C37H48N6O5S2/c1-24(2)33(42-36(46)43(5)20-29-22-49-35(40-29)25(3)4)34(45)39-28(16-26-12-8-6-9-13-26)18-32(44)31(17-27-14-10-7-11-15-27)41-37(47)48-21-30-19-38-23-50-30/h6-15,19,22-25,28,31-33,44H,16-18,20-21H2,1-5H3,(H,39,45)(H,41,47)(H,42,46)/t28-,31-,32?,33-/m0/s1. The van der Waals surface area contributed by atoms with E-state index in [0.29, 0.717) is 25.3 Å². The number of nitrogens with zero attached hydrogens (tertiary/aromatic N) is 3. The molecule has 0 radical (unpaired) electrons. The zero-order valence-corrected chi connectivity index (χ0v) is 30.9. The number of amides is 4. The minimum absolute atomic E-state index is 0.0671. The Morgan fingerprint density at radius 1 is 0.900 bits per heavy atom. The predicted molar refractivity (Wildman–Crippen MR) is 197 cm³/mol. The van der Waals surface area contributed by atoms with E-state index in [0.717, 1.165) is 26.7 Å². The molecule has 13 heteroatoms. The fourth-order valence-electron chi connectivity index (χ4n) is 5.39. The van der Waals surface area contributed by atoms with Gasteiger partial charge in [-0.1, -0.05) is 88.4 Å². The highest BCUT2D eigenvalue weighted by Crippen LogP contribution is 2.20. The molecule has 0 aliphatic carbocycles. The van der Waals surface area contributed by atoms with Crippen molar-refractivity contribution < 1.29 is 24.2 Å². The van der Waals surface area contributed by atoms with E-state index in [1.807, 2.05) is 79.9 Å². The van der Waals surface area contributed by atoms with Crippen LogP contribution in [0.1, 0.15) is 66.7 Å². The van der Waals surface area contributed by atoms with Gasteiger partial charge in [-0.15, -0.1) is 22.7 Å². The molecular formula is C37H48N6O5S2. The number of hydrogen-bond donors (Lipinski definition) is 4. The van der Waals surface area contributed by atoms with Crippen LogP contribution in [0.2, 0.25) is 0 Å². The molecule has 4 amide bonds. The molecule has 2 heterocycles. The van der Waals surface area contributed by atoms with Crippen molar-refractivity contribution >= 4 is 40.7 Å². The summed E-state index contributed by atoms with van der Waals surface area (Å²) in [6, 6.07) is 16.8. The molecule has 1 unspecified atom stereocenters. The summed E-state index contributed by atoms with van der Waals surface area (Å²) in [7, 11) is 1.68. The molecule has 50 heavy (non-hydrogen) atoms. The number of aromatic nitrogens is 2. The first kappa shape index (κ1) is 38.5. The number of aliphatic hydroxyl groups excluding tert-OH is 1. The van der Waals surface area contributed by atoms with Crippen molar-refractivity contribution in [3.8, 4) is 0 Å². The molecule has 0 bridgehead atoms. The van der Waals surface area contributed by atoms with Gasteiger partial charge < -0.3 is 30.7 Å². The second-order valence-electron chi connectivity index (χ2n) is 13.0. The summed E-state index contributed by atoms with van der Waals surface area (Å²) in [5.74, 6) is -0.277. The van der Waals surface area contributed by atoms with E-state index in [-0.39, 0.29) is 30.9 Å². The third-order valence-corrected chi connectivity index (χ3v) is 10.1. The minimum Gasteiger partial charge on any atom is -0.444 e. The van der Waals surface area contributed by atoms with Gasteiger partial charge in [-0.05, 0) is 36.3 Å². The molecule has 4 rings (SSSR count). The van der Waals surface area contributed by atoms with Gasteiger partial charge in [0.25, 0.3) is 0 Å². The van der Waals surface area contributed by atoms with Crippen LogP contribution < -0.4 is 16.0 Å². The van der Waals surface area contributed by atoms with Crippen molar-refractivity contribution in [3.63, 3.8) is 0 Å². The molecular weight excluding hydrogens is 673 g/mol. The maximum absolute atomic E-state index is 13.9. The lowest BCUT2D eigenvalue weighted by atomic mass is 9.93. The van der Waals surface area contributed by atoms with Crippen molar-refractivity contribution in [2.24, 2.45) is 5.92 Å². The molecule has 2 aromatic heterocycles. The lowest BCUT2D eigenvalue weighted by Gasteiger charge is -2.30. The van der Waals surface area contributed by atoms with E-state index in [1.165, 1.54) is 16.2 Å². The largest absolute Gasteiger partial charge is 0.444 e. The highest BCUT2D eigenvalue weighted by Gasteiger charge is 2.31. The zero-order valence-electron chi connectivity index (χ0n) is 29.2. The van der Waals surface area contributed by atoms with Gasteiger partial charge in [-0.2, -0.15) is 0 Å². The number of ether oxygens (including phenoxy) is 1. The maximum Gasteiger partial charge on any atom is 0.407 e. The first-order valence-corrected chi connectivity index (χ1v) is 18.6.